The van der Waals surface area contributed by atoms with E-state index in [9.17, 15) is 0 Å². The van der Waals surface area contributed by atoms with Crippen molar-refractivity contribution in [2.45, 2.75) is 39.2 Å². The minimum Gasteiger partial charge on any atom is -0.379 e. The SMILES string of the molecule is CCC(C)(CC)Nc1cccc(Br)c1C#N. The second kappa shape index (κ2) is 5.36. The lowest BCUT2D eigenvalue weighted by molar-refractivity contribution is 0.478. The van der Waals surface area contributed by atoms with Gasteiger partial charge in [0.05, 0.1) is 11.3 Å². The molecule has 0 atom stereocenters. The first-order valence-electron chi connectivity index (χ1n) is 5.53. The summed E-state index contributed by atoms with van der Waals surface area (Å²) in [5.41, 5.74) is 1.63. The Morgan fingerprint density at radius 1 is 1.38 bits per heavy atom. The van der Waals surface area contributed by atoms with Crippen LogP contribution in [0.3, 0.4) is 0 Å². The highest BCUT2D eigenvalue weighted by Gasteiger charge is 2.20. The van der Waals surface area contributed by atoms with Crippen molar-refractivity contribution in [3.63, 3.8) is 0 Å². The van der Waals surface area contributed by atoms with Crippen LogP contribution in [-0.2, 0) is 0 Å². The van der Waals surface area contributed by atoms with Crippen LogP contribution in [0.2, 0.25) is 0 Å². The Morgan fingerprint density at radius 2 is 2.00 bits per heavy atom. The highest BCUT2D eigenvalue weighted by molar-refractivity contribution is 9.10. The minimum absolute atomic E-state index is 0.0480. The normalized spacial score (nSPS) is 10.9. The van der Waals surface area contributed by atoms with Gasteiger partial charge in [-0.25, -0.2) is 0 Å². The van der Waals surface area contributed by atoms with E-state index in [1.165, 1.54) is 0 Å². The molecule has 0 aliphatic carbocycles. The monoisotopic (exact) mass is 280 g/mol. The maximum Gasteiger partial charge on any atom is 0.103 e. The molecular weight excluding hydrogens is 264 g/mol. The first kappa shape index (κ1) is 13.1. The summed E-state index contributed by atoms with van der Waals surface area (Å²) in [4.78, 5) is 0. The van der Waals surface area contributed by atoms with E-state index in [1.807, 2.05) is 18.2 Å². The van der Waals surface area contributed by atoms with Gasteiger partial charge in [-0.05, 0) is 47.8 Å². The van der Waals surface area contributed by atoms with Crippen molar-refractivity contribution in [1.29, 1.82) is 5.26 Å². The van der Waals surface area contributed by atoms with Gasteiger partial charge in [0.1, 0.15) is 6.07 Å². The van der Waals surface area contributed by atoms with Crippen molar-refractivity contribution >= 4 is 21.6 Å². The second-order valence-corrected chi connectivity index (χ2v) is 5.02. The van der Waals surface area contributed by atoms with Gasteiger partial charge in [-0.3, -0.25) is 0 Å². The summed E-state index contributed by atoms with van der Waals surface area (Å²) >= 11 is 3.40. The van der Waals surface area contributed by atoms with Crippen LogP contribution in [0.4, 0.5) is 5.69 Å². The molecule has 0 amide bonds. The molecule has 0 aliphatic rings. The summed E-state index contributed by atoms with van der Waals surface area (Å²) in [5, 5.41) is 12.6. The molecule has 1 aromatic rings. The van der Waals surface area contributed by atoms with Gasteiger partial charge in [0.25, 0.3) is 0 Å². The lowest BCUT2D eigenvalue weighted by Crippen LogP contribution is -2.33. The Hall–Kier alpha value is -1.01. The maximum absolute atomic E-state index is 9.12. The molecule has 0 spiro atoms. The van der Waals surface area contributed by atoms with Crippen molar-refractivity contribution in [2.24, 2.45) is 0 Å². The van der Waals surface area contributed by atoms with E-state index in [4.69, 9.17) is 5.26 Å². The fraction of sp³-hybridized carbons (Fsp3) is 0.462. The molecule has 3 heteroatoms. The summed E-state index contributed by atoms with van der Waals surface area (Å²) in [6.07, 6.45) is 2.06. The van der Waals surface area contributed by atoms with Crippen LogP contribution in [0.1, 0.15) is 39.2 Å². The molecule has 1 rings (SSSR count). The third-order valence-corrected chi connectivity index (χ3v) is 3.78. The number of nitrogens with one attached hydrogen (secondary N) is 1. The predicted octanol–water partition coefficient (Wildman–Crippen LogP) is 4.31. The number of anilines is 1. The first-order valence-corrected chi connectivity index (χ1v) is 6.32. The molecule has 16 heavy (non-hydrogen) atoms. The average Bonchev–Trinajstić information content (AvgIpc) is 2.29. The van der Waals surface area contributed by atoms with E-state index in [0.717, 1.165) is 23.0 Å². The van der Waals surface area contributed by atoms with Crippen molar-refractivity contribution in [3.8, 4) is 6.07 Å². The molecule has 0 unspecified atom stereocenters. The molecule has 0 bridgehead atoms. The van der Waals surface area contributed by atoms with Crippen LogP contribution in [-0.4, -0.2) is 5.54 Å². The number of rotatable bonds is 4. The summed E-state index contributed by atoms with van der Waals surface area (Å²) in [6.45, 7) is 6.48. The second-order valence-electron chi connectivity index (χ2n) is 4.17. The third kappa shape index (κ3) is 2.76. The van der Waals surface area contributed by atoms with Crippen LogP contribution < -0.4 is 5.32 Å². The zero-order chi connectivity index (χ0) is 12.2. The molecular formula is C13H17BrN2. The van der Waals surface area contributed by atoms with Gasteiger partial charge >= 0.3 is 0 Å². The molecule has 0 saturated carbocycles. The van der Waals surface area contributed by atoms with E-state index >= 15 is 0 Å². The molecule has 0 aromatic heterocycles. The van der Waals surface area contributed by atoms with Crippen LogP contribution in [0.5, 0.6) is 0 Å². The van der Waals surface area contributed by atoms with Crippen molar-refractivity contribution in [1.82, 2.24) is 0 Å². The Kier molecular flexibility index (Phi) is 4.37. The highest BCUT2D eigenvalue weighted by atomic mass is 79.9. The molecule has 1 aromatic carbocycles. The van der Waals surface area contributed by atoms with Crippen LogP contribution in [0, 0.1) is 11.3 Å². The van der Waals surface area contributed by atoms with Crippen molar-refractivity contribution in [3.05, 3.63) is 28.2 Å². The number of benzene rings is 1. The Bertz CT molecular complexity index is 403. The summed E-state index contributed by atoms with van der Waals surface area (Å²) in [5.74, 6) is 0. The van der Waals surface area contributed by atoms with Gasteiger partial charge in [-0.1, -0.05) is 19.9 Å². The number of nitriles is 1. The molecule has 0 fully saturated rings. The van der Waals surface area contributed by atoms with Gasteiger partial charge in [0.15, 0.2) is 0 Å². The largest absolute Gasteiger partial charge is 0.379 e. The summed E-state index contributed by atoms with van der Waals surface area (Å²) < 4.78 is 0.842. The van der Waals surface area contributed by atoms with Crippen LogP contribution >= 0.6 is 15.9 Å². The van der Waals surface area contributed by atoms with Crippen LogP contribution in [0.15, 0.2) is 22.7 Å². The fourth-order valence-electron chi connectivity index (χ4n) is 1.49. The average molecular weight is 281 g/mol. The lowest BCUT2D eigenvalue weighted by Gasteiger charge is -2.30. The molecule has 86 valence electrons. The molecule has 0 saturated heterocycles. The van der Waals surface area contributed by atoms with Gasteiger partial charge in [0, 0.05) is 10.0 Å². The molecule has 0 heterocycles. The quantitative estimate of drug-likeness (QED) is 0.892. The zero-order valence-corrected chi connectivity index (χ0v) is 11.6. The number of halogens is 1. The lowest BCUT2D eigenvalue weighted by atomic mass is 9.94. The third-order valence-electron chi connectivity index (χ3n) is 3.12. The van der Waals surface area contributed by atoms with Gasteiger partial charge < -0.3 is 5.32 Å². The smallest absolute Gasteiger partial charge is 0.103 e. The van der Waals surface area contributed by atoms with Crippen molar-refractivity contribution < 1.29 is 0 Å². The number of hydrogen-bond acceptors (Lipinski definition) is 2. The zero-order valence-electron chi connectivity index (χ0n) is 9.97. The van der Waals surface area contributed by atoms with Gasteiger partial charge in [-0.2, -0.15) is 5.26 Å². The maximum atomic E-state index is 9.12. The van der Waals surface area contributed by atoms with E-state index < -0.39 is 0 Å². The standard InChI is InChI=1S/C13H17BrN2/c1-4-13(3,5-2)16-12-8-6-7-11(14)10(12)9-15/h6-8,16H,4-5H2,1-3H3. The molecule has 2 nitrogen and oxygen atoms in total. The van der Waals surface area contributed by atoms with Gasteiger partial charge in [0.2, 0.25) is 0 Å². The predicted molar refractivity (Wildman–Crippen MR) is 71.5 cm³/mol. The fourth-order valence-corrected chi connectivity index (χ4v) is 1.95. The van der Waals surface area contributed by atoms with Crippen LogP contribution in [0.25, 0.3) is 0 Å². The van der Waals surface area contributed by atoms with Crippen molar-refractivity contribution in [2.75, 3.05) is 5.32 Å². The molecule has 1 N–H and O–H groups in total. The van der Waals surface area contributed by atoms with Gasteiger partial charge in [-0.15, -0.1) is 0 Å². The topological polar surface area (TPSA) is 35.8 Å². The first-order chi connectivity index (χ1) is 7.56. The summed E-state index contributed by atoms with van der Waals surface area (Å²) in [7, 11) is 0. The van der Waals surface area contributed by atoms with E-state index in [2.05, 4.69) is 48.1 Å². The number of hydrogen-bond donors (Lipinski definition) is 1. The Balaban J connectivity index is 3.07. The Labute approximate surface area is 106 Å². The van der Waals surface area contributed by atoms with E-state index in [-0.39, 0.29) is 5.54 Å². The highest BCUT2D eigenvalue weighted by Crippen LogP contribution is 2.28. The molecule has 0 aliphatic heterocycles. The minimum atomic E-state index is 0.0480. The van der Waals surface area contributed by atoms with E-state index in [1.54, 1.807) is 0 Å². The molecule has 0 radical (unpaired) electrons. The Morgan fingerprint density at radius 3 is 2.50 bits per heavy atom. The van der Waals surface area contributed by atoms with E-state index in [0.29, 0.717) is 5.56 Å². The summed E-state index contributed by atoms with van der Waals surface area (Å²) in [6, 6.07) is 8.01. The number of nitrogens with zero attached hydrogens (tertiary/aromatic N) is 1.